The van der Waals surface area contributed by atoms with Crippen molar-refractivity contribution in [1.29, 1.82) is 0 Å². The molecule has 0 spiro atoms. The van der Waals surface area contributed by atoms with Gasteiger partial charge in [0.1, 0.15) is 0 Å². The summed E-state index contributed by atoms with van der Waals surface area (Å²) in [6, 6.07) is 8.32. The fourth-order valence-corrected chi connectivity index (χ4v) is 2.06. The number of hydrogen-bond donors (Lipinski definition) is 2. The highest BCUT2D eigenvalue weighted by molar-refractivity contribution is 5.56. The molecule has 0 aliphatic heterocycles. The van der Waals surface area contributed by atoms with E-state index in [0.29, 0.717) is 12.6 Å². The largest absolute Gasteiger partial charge is 0.399 e. The third-order valence-electron chi connectivity index (χ3n) is 2.93. The Morgan fingerprint density at radius 1 is 1.31 bits per heavy atom. The number of anilines is 2. The van der Waals surface area contributed by atoms with Crippen LogP contribution in [0.3, 0.4) is 0 Å². The minimum atomic E-state index is 0.172. The van der Waals surface area contributed by atoms with Gasteiger partial charge in [-0.15, -0.1) is 0 Å². The van der Waals surface area contributed by atoms with Gasteiger partial charge in [-0.2, -0.15) is 0 Å². The standard InChI is InChI=1S/C13H22N2O/c1-3-12(4-2)15(8-9-16)13-7-5-6-11(14)10-13/h5-7,10,12,16H,3-4,8-9,14H2,1-2H3. The van der Waals surface area contributed by atoms with Gasteiger partial charge in [0.25, 0.3) is 0 Å². The number of nitrogens with zero attached hydrogens (tertiary/aromatic N) is 1. The van der Waals surface area contributed by atoms with E-state index in [1.54, 1.807) is 0 Å². The Kier molecular flexibility index (Phi) is 5.12. The second-order valence-electron chi connectivity index (χ2n) is 3.98. The summed E-state index contributed by atoms with van der Waals surface area (Å²) in [4.78, 5) is 2.23. The van der Waals surface area contributed by atoms with Crippen molar-refractivity contribution in [2.24, 2.45) is 0 Å². The summed E-state index contributed by atoms with van der Waals surface area (Å²) in [6.45, 7) is 5.18. The van der Waals surface area contributed by atoms with Gasteiger partial charge in [-0.05, 0) is 31.0 Å². The zero-order chi connectivity index (χ0) is 12.0. The number of aliphatic hydroxyl groups excluding tert-OH is 1. The molecule has 0 heterocycles. The van der Waals surface area contributed by atoms with Crippen molar-refractivity contribution in [1.82, 2.24) is 0 Å². The average molecular weight is 222 g/mol. The summed E-state index contributed by atoms with van der Waals surface area (Å²) >= 11 is 0. The van der Waals surface area contributed by atoms with Crippen molar-refractivity contribution in [3.63, 3.8) is 0 Å². The summed E-state index contributed by atoms with van der Waals surface area (Å²) < 4.78 is 0. The second-order valence-corrected chi connectivity index (χ2v) is 3.98. The van der Waals surface area contributed by atoms with Crippen LogP contribution in [0, 0.1) is 0 Å². The fourth-order valence-electron chi connectivity index (χ4n) is 2.06. The van der Waals surface area contributed by atoms with Crippen LogP contribution in [0.2, 0.25) is 0 Å². The molecule has 3 N–H and O–H groups in total. The molecule has 1 rings (SSSR count). The fraction of sp³-hybridized carbons (Fsp3) is 0.538. The maximum absolute atomic E-state index is 9.13. The van der Waals surface area contributed by atoms with Crippen LogP contribution in [0.1, 0.15) is 26.7 Å². The van der Waals surface area contributed by atoms with Gasteiger partial charge in [-0.25, -0.2) is 0 Å². The van der Waals surface area contributed by atoms with Crippen LogP contribution in [-0.4, -0.2) is 24.3 Å². The quantitative estimate of drug-likeness (QED) is 0.726. The number of nitrogens with two attached hydrogens (primary N) is 1. The molecule has 0 saturated heterocycles. The molecular formula is C13H22N2O. The molecule has 90 valence electrons. The van der Waals surface area contributed by atoms with E-state index in [1.165, 1.54) is 0 Å². The molecule has 0 aliphatic carbocycles. The van der Waals surface area contributed by atoms with Gasteiger partial charge in [0, 0.05) is 24.0 Å². The Hall–Kier alpha value is -1.22. The molecule has 0 atom stereocenters. The lowest BCUT2D eigenvalue weighted by Gasteiger charge is -2.32. The molecule has 1 aromatic rings. The number of rotatable bonds is 6. The topological polar surface area (TPSA) is 49.5 Å². The third kappa shape index (κ3) is 3.14. The van der Waals surface area contributed by atoms with Crippen LogP contribution in [0.25, 0.3) is 0 Å². The zero-order valence-corrected chi connectivity index (χ0v) is 10.2. The highest BCUT2D eigenvalue weighted by Gasteiger charge is 2.14. The minimum absolute atomic E-state index is 0.172. The first kappa shape index (κ1) is 12.8. The van der Waals surface area contributed by atoms with Crippen molar-refractivity contribution in [3.8, 4) is 0 Å². The van der Waals surface area contributed by atoms with Crippen LogP contribution in [0.15, 0.2) is 24.3 Å². The van der Waals surface area contributed by atoms with Crippen molar-refractivity contribution < 1.29 is 5.11 Å². The number of aliphatic hydroxyl groups is 1. The van der Waals surface area contributed by atoms with E-state index in [0.717, 1.165) is 24.2 Å². The van der Waals surface area contributed by atoms with Crippen LogP contribution >= 0.6 is 0 Å². The first-order valence-electron chi connectivity index (χ1n) is 5.96. The minimum Gasteiger partial charge on any atom is -0.399 e. The van der Waals surface area contributed by atoms with E-state index in [4.69, 9.17) is 10.8 Å². The first-order valence-corrected chi connectivity index (χ1v) is 5.96. The predicted molar refractivity (Wildman–Crippen MR) is 69.7 cm³/mol. The number of nitrogen functional groups attached to an aromatic ring is 1. The molecule has 3 heteroatoms. The molecule has 0 aliphatic rings. The zero-order valence-electron chi connectivity index (χ0n) is 10.2. The third-order valence-corrected chi connectivity index (χ3v) is 2.93. The van der Waals surface area contributed by atoms with E-state index in [-0.39, 0.29) is 6.61 Å². The van der Waals surface area contributed by atoms with Gasteiger partial charge in [0.15, 0.2) is 0 Å². The SMILES string of the molecule is CCC(CC)N(CCO)c1cccc(N)c1. The van der Waals surface area contributed by atoms with E-state index in [1.807, 2.05) is 24.3 Å². The Labute approximate surface area is 97.9 Å². The summed E-state index contributed by atoms with van der Waals surface area (Å²) in [5.41, 5.74) is 7.66. The van der Waals surface area contributed by atoms with Gasteiger partial charge < -0.3 is 15.7 Å². The van der Waals surface area contributed by atoms with E-state index >= 15 is 0 Å². The van der Waals surface area contributed by atoms with Crippen LogP contribution in [0.5, 0.6) is 0 Å². The Bertz CT molecular complexity index is 311. The molecule has 0 amide bonds. The van der Waals surface area contributed by atoms with Crippen LogP contribution in [-0.2, 0) is 0 Å². The first-order chi connectivity index (χ1) is 7.72. The normalized spacial score (nSPS) is 10.8. The van der Waals surface area contributed by atoms with Crippen molar-refractivity contribution in [2.45, 2.75) is 32.7 Å². The van der Waals surface area contributed by atoms with Crippen LogP contribution < -0.4 is 10.6 Å². The number of benzene rings is 1. The molecule has 0 aromatic heterocycles. The Morgan fingerprint density at radius 3 is 2.50 bits per heavy atom. The van der Waals surface area contributed by atoms with Gasteiger partial charge in [0.05, 0.1) is 6.61 Å². The molecule has 0 fully saturated rings. The maximum Gasteiger partial charge on any atom is 0.0606 e. The monoisotopic (exact) mass is 222 g/mol. The summed E-state index contributed by atoms with van der Waals surface area (Å²) in [7, 11) is 0. The maximum atomic E-state index is 9.13. The number of hydrogen-bond acceptors (Lipinski definition) is 3. The molecule has 0 bridgehead atoms. The van der Waals surface area contributed by atoms with Gasteiger partial charge >= 0.3 is 0 Å². The Morgan fingerprint density at radius 2 is 2.00 bits per heavy atom. The molecule has 0 unspecified atom stereocenters. The molecule has 0 radical (unpaired) electrons. The van der Waals surface area contributed by atoms with Crippen molar-refractivity contribution in [2.75, 3.05) is 23.8 Å². The molecule has 3 nitrogen and oxygen atoms in total. The highest BCUT2D eigenvalue weighted by Crippen LogP contribution is 2.22. The summed E-state index contributed by atoms with van der Waals surface area (Å²) in [6.07, 6.45) is 2.15. The van der Waals surface area contributed by atoms with E-state index in [9.17, 15) is 0 Å². The van der Waals surface area contributed by atoms with Gasteiger partial charge in [-0.3, -0.25) is 0 Å². The van der Waals surface area contributed by atoms with Crippen molar-refractivity contribution >= 4 is 11.4 Å². The van der Waals surface area contributed by atoms with E-state index < -0.39 is 0 Å². The lowest BCUT2D eigenvalue weighted by molar-refractivity contribution is 0.296. The Balaban J connectivity index is 2.91. The van der Waals surface area contributed by atoms with Crippen molar-refractivity contribution in [3.05, 3.63) is 24.3 Å². The van der Waals surface area contributed by atoms with Gasteiger partial charge in [0.2, 0.25) is 0 Å². The lowest BCUT2D eigenvalue weighted by Crippen LogP contribution is -2.36. The molecule has 16 heavy (non-hydrogen) atoms. The highest BCUT2D eigenvalue weighted by atomic mass is 16.3. The molecule has 1 aromatic carbocycles. The van der Waals surface area contributed by atoms with Crippen LogP contribution in [0.4, 0.5) is 11.4 Å². The second kappa shape index (κ2) is 6.38. The molecule has 0 saturated carbocycles. The average Bonchev–Trinajstić information content (AvgIpc) is 2.29. The smallest absolute Gasteiger partial charge is 0.0606 e. The molecular weight excluding hydrogens is 200 g/mol. The predicted octanol–water partition coefficient (Wildman–Crippen LogP) is 2.26. The van der Waals surface area contributed by atoms with E-state index in [2.05, 4.69) is 18.7 Å². The van der Waals surface area contributed by atoms with Gasteiger partial charge in [-0.1, -0.05) is 19.9 Å². The summed E-state index contributed by atoms with van der Waals surface area (Å²) in [5, 5.41) is 9.13. The lowest BCUT2D eigenvalue weighted by atomic mass is 10.1. The summed E-state index contributed by atoms with van der Waals surface area (Å²) in [5.74, 6) is 0.